The standard InChI is InChI=1S/C4HNO/c5-3-4-1-2-6-4/h2H. The van der Waals surface area contributed by atoms with Crippen LogP contribution < -0.4 is 0 Å². The maximum atomic E-state index is 7.89. The van der Waals surface area contributed by atoms with Gasteiger partial charge in [0.1, 0.15) is 12.3 Å². The first kappa shape index (κ1) is 3.02. The first-order valence-corrected chi connectivity index (χ1v) is 1.45. The minimum atomic E-state index is 0.273. The van der Waals surface area contributed by atoms with Crippen LogP contribution in [0.25, 0.3) is 0 Å². The van der Waals surface area contributed by atoms with Crippen molar-refractivity contribution in [1.82, 2.24) is 0 Å². The summed E-state index contributed by atoms with van der Waals surface area (Å²) in [6, 6.07) is 1.75. The summed E-state index contributed by atoms with van der Waals surface area (Å²) in [5.41, 5.74) is 2.50. The Bertz CT molecular complexity index is 157. The van der Waals surface area contributed by atoms with Gasteiger partial charge in [0.2, 0.25) is 0 Å². The minimum Gasteiger partial charge on any atom is -0.438 e. The summed E-state index contributed by atoms with van der Waals surface area (Å²) in [5, 5.41) is 7.89. The highest BCUT2D eigenvalue weighted by Crippen LogP contribution is 1.99. The summed E-state index contributed by atoms with van der Waals surface area (Å²) in [6.45, 7) is 0. The second-order valence-corrected chi connectivity index (χ2v) is 0.821. The average Bonchev–Trinajstić information content (AvgIpc) is 1.31. The van der Waals surface area contributed by atoms with Crippen molar-refractivity contribution in [3.63, 3.8) is 0 Å². The van der Waals surface area contributed by atoms with Gasteiger partial charge in [0, 0.05) is 0 Å². The smallest absolute Gasteiger partial charge is 0.250 e. The average molecular weight is 79.1 g/mol. The van der Waals surface area contributed by atoms with E-state index in [4.69, 9.17) is 5.26 Å². The number of ether oxygens (including phenoxy) is 1. The van der Waals surface area contributed by atoms with E-state index in [0.717, 1.165) is 0 Å². The topological polar surface area (TPSA) is 33.0 Å². The monoisotopic (exact) mass is 79.0 g/mol. The molecule has 0 bridgehead atoms. The Hall–Kier alpha value is -1.19. The van der Waals surface area contributed by atoms with Gasteiger partial charge >= 0.3 is 0 Å². The first-order valence-electron chi connectivity index (χ1n) is 1.45. The number of allylic oxidation sites excluding steroid dienone is 1. The van der Waals surface area contributed by atoms with E-state index in [0.29, 0.717) is 0 Å². The van der Waals surface area contributed by atoms with E-state index in [1.807, 2.05) is 0 Å². The van der Waals surface area contributed by atoms with Crippen molar-refractivity contribution < 1.29 is 4.74 Å². The molecule has 2 heteroatoms. The molecule has 1 heterocycles. The minimum absolute atomic E-state index is 0.273. The van der Waals surface area contributed by atoms with Crippen LogP contribution in [0.1, 0.15) is 0 Å². The lowest BCUT2D eigenvalue weighted by atomic mass is 10.5. The molecule has 0 unspecified atom stereocenters. The van der Waals surface area contributed by atoms with Crippen LogP contribution in [-0.2, 0) is 4.74 Å². The van der Waals surface area contributed by atoms with E-state index in [-0.39, 0.29) is 5.76 Å². The van der Waals surface area contributed by atoms with Crippen molar-refractivity contribution in [3.05, 3.63) is 17.8 Å². The van der Waals surface area contributed by atoms with Crippen molar-refractivity contribution in [2.75, 3.05) is 0 Å². The molecular weight excluding hydrogens is 78.0 g/mol. The third-order valence-electron chi connectivity index (χ3n) is 0.468. The predicted molar refractivity (Wildman–Crippen MR) is 18.3 cm³/mol. The zero-order valence-corrected chi connectivity index (χ0v) is 2.93. The Balaban J connectivity index is 2.86. The fourth-order valence-corrected chi connectivity index (χ4v) is 0.176. The van der Waals surface area contributed by atoms with Crippen molar-refractivity contribution in [2.24, 2.45) is 0 Å². The van der Waals surface area contributed by atoms with Crippen LogP contribution >= 0.6 is 0 Å². The van der Waals surface area contributed by atoms with Gasteiger partial charge in [-0.15, -0.1) is 0 Å². The largest absolute Gasteiger partial charge is 0.438 e. The molecule has 0 amide bonds. The molecule has 1 rings (SSSR count). The van der Waals surface area contributed by atoms with E-state index >= 15 is 0 Å². The van der Waals surface area contributed by atoms with Crippen LogP contribution in [0.15, 0.2) is 17.8 Å². The van der Waals surface area contributed by atoms with Crippen molar-refractivity contribution in [3.8, 4) is 6.07 Å². The lowest BCUT2D eigenvalue weighted by Gasteiger charge is -1.94. The molecule has 28 valence electrons. The Morgan fingerprint density at radius 3 is 2.67 bits per heavy atom. The van der Waals surface area contributed by atoms with Gasteiger partial charge in [-0.3, -0.25) is 0 Å². The highest BCUT2D eigenvalue weighted by molar-refractivity contribution is 5.17. The molecule has 6 heavy (non-hydrogen) atoms. The summed E-state index contributed by atoms with van der Waals surface area (Å²) in [7, 11) is 0. The van der Waals surface area contributed by atoms with E-state index < -0.39 is 0 Å². The van der Waals surface area contributed by atoms with Crippen LogP contribution in [0, 0.1) is 11.3 Å². The van der Waals surface area contributed by atoms with E-state index in [1.165, 1.54) is 6.26 Å². The Morgan fingerprint density at radius 1 is 2.00 bits per heavy atom. The van der Waals surface area contributed by atoms with Gasteiger partial charge in [-0.2, -0.15) is 5.26 Å². The molecule has 0 fully saturated rings. The summed E-state index contributed by atoms with van der Waals surface area (Å²) in [5.74, 6) is 0.273. The van der Waals surface area contributed by atoms with Crippen molar-refractivity contribution in [2.45, 2.75) is 0 Å². The second kappa shape index (κ2) is 0.891. The van der Waals surface area contributed by atoms with Gasteiger partial charge in [-0.25, -0.2) is 0 Å². The van der Waals surface area contributed by atoms with Gasteiger partial charge in [0.25, 0.3) is 5.76 Å². The number of nitrogens with zero attached hydrogens (tertiary/aromatic N) is 1. The maximum Gasteiger partial charge on any atom is 0.250 e. The van der Waals surface area contributed by atoms with Gasteiger partial charge < -0.3 is 4.74 Å². The van der Waals surface area contributed by atoms with Crippen LogP contribution in [0.3, 0.4) is 0 Å². The molecule has 1 aliphatic rings. The molecule has 0 aromatic rings. The Morgan fingerprint density at radius 2 is 2.67 bits per heavy atom. The summed E-state index contributed by atoms with van der Waals surface area (Å²) < 4.78 is 4.40. The molecule has 0 aliphatic carbocycles. The SMILES string of the molecule is N#CC1=C=CO1. The predicted octanol–water partition coefficient (Wildman–Crippen LogP) is 0.537. The third-order valence-corrected chi connectivity index (χ3v) is 0.468. The molecule has 0 aromatic heterocycles. The zero-order chi connectivity index (χ0) is 4.41. The first-order chi connectivity index (χ1) is 2.93. The molecule has 0 spiro atoms. The molecule has 1 aliphatic heterocycles. The van der Waals surface area contributed by atoms with E-state index in [2.05, 4.69) is 10.5 Å². The summed E-state index contributed by atoms with van der Waals surface area (Å²) in [4.78, 5) is 0. The fourth-order valence-electron chi connectivity index (χ4n) is 0.176. The highest BCUT2D eigenvalue weighted by atomic mass is 16.5. The summed E-state index contributed by atoms with van der Waals surface area (Å²) in [6.07, 6.45) is 1.35. The van der Waals surface area contributed by atoms with Crippen LogP contribution in [0.5, 0.6) is 0 Å². The van der Waals surface area contributed by atoms with Crippen LogP contribution in [-0.4, -0.2) is 0 Å². The van der Waals surface area contributed by atoms with E-state index in [9.17, 15) is 0 Å². The molecule has 0 N–H and O–H groups in total. The number of hydrogen-bond acceptors (Lipinski definition) is 2. The van der Waals surface area contributed by atoms with Gasteiger partial charge in [0.05, 0.1) is 0 Å². The van der Waals surface area contributed by atoms with Crippen LogP contribution in [0.4, 0.5) is 0 Å². The normalized spacial score (nSPS) is 13.5. The van der Waals surface area contributed by atoms with Gasteiger partial charge in [0.15, 0.2) is 0 Å². The van der Waals surface area contributed by atoms with E-state index in [1.54, 1.807) is 6.07 Å². The second-order valence-electron chi connectivity index (χ2n) is 0.821. The third kappa shape index (κ3) is 0.199. The Labute approximate surface area is 35.0 Å². The zero-order valence-electron chi connectivity index (χ0n) is 2.93. The number of hydrogen-bond donors (Lipinski definition) is 0. The van der Waals surface area contributed by atoms with Gasteiger partial charge in [-0.05, 0) is 5.73 Å². The summed E-state index contributed by atoms with van der Waals surface area (Å²) >= 11 is 0. The maximum absolute atomic E-state index is 7.89. The molecule has 0 saturated heterocycles. The van der Waals surface area contributed by atoms with Crippen LogP contribution in [0.2, 0.25) is 0 Å². The highest BCUT2D eigenvalue weighted by Gasteiger charge is 1.94. The quantitative estimate of drug-likeness (QED) is 0.397. The fraction of sp³-hybridized carbons (Fsp3) is 0. The molecule has 0 atom stereocenters. The lowest BCUT2D eigenvalue weighted by molar-refractivity contribution is 0.344. The van der Waals surface area contributed by atoms with Crippen molar-refractivity contribution >= 4 is 0 Å². The van der Waals surface area contributed by atoms with Gasteiger partial charge in [-0.1, -0.05) is 0 Å². The molecular formula is C4HNO. The Kier molecular flexibility index (Phi) is 0.448. The molecule has 0 aromatic carbocycles. The molecule has 2 nitrogen and oxygen atoms in total. The molecule has 0 saturated carbocycles. The van der Waals surface area contributed by atoms with Crippen molar-refractivity contribution in [1.29, 1.82) is 5.26 Å². The molecule has 0 radical (unpaired) electrons. The number of nitriles is 1. The number of rotatable bonds is 0. The lowest BCUT2D eigenvalue weighted by Crippen LogP contribution is -1.83.